The summed E-state index contributed by atoms with van der Waals surface area (Å²) >= 11 is 1.40. The molecule has 6 nitrogen and oxygen atoms in total. The van der Waals surface area contributed by atoms with Crippen molar-refractivity contribution in [2.75, 3.05) is 5.32 Å². The van der Waals surface area contributed by atoms with E-state index < -0.39 is 10.0 Å². The van der Waals surface area contributed by atoms with Crippen LogP contribution in [0.15, 0.2) is 41.3 Å². The molecular formula is C19H19N3O3S2. The SMILES string of the molecule is Cc1cc(C)c2nc(NC(=O)c3cccc(S(=O)(=O)NC4CC4)c3)sc2c1. The number of hydrogen-bond donors (Lipinski definition) is 2. The van der Waals surface area contributed by atoms with Crippen LogP contribution in [0.25, 0.3) is 10.2 Å². The van der Waals surface area contributed by atoms with Crippen LogP contribution in [-0.2, 0) is 10.0 Å². The van der Waals surface area contributed by atoms with Gasteiger partial charge in [0.2, 0.25) is 10.0 Å². The number of rotatable bonds is 5. The smallest absolute Gasteiger partial charge is 0.257 e. The van der Waals surface area contributed by atoms with Gasteiger partial charge in [-0.1, -0.05) is 23.5 Å². The number of nitrogens with one attached hydrogen (secondary N) is 2. The molecule has 0 saturated heterocycles. The molecule has 8 heteroatoms. The van der Waals surface area contributed by atoms with Crippen LogP contribution in [0, 0.1) is 13.8 Å². The van der Waals surface area contributed by atoms with Gasteiger partial charge in [0.05, 0.1) is 15.1 Å². The number of carbonyl (C=O) groups is 1. The average Bonchev–Trinajstić information content (AvgIpc) is 3.31. The minimum absolute atomic E-state index is 0.0157. The predicted molar refractivity (Wildman–Crippen MR) is 107 cm³/mol. The Morgan fingerprint density at radius 1 is 1.19 bits per heavy atom. The standard InChI is InChI=1S/C19H19N3O3S2/c1-11-8-12(2)17-16(9-11)26-19(20-17)21-18(23)13-4-3-5-15(10-13)27(24,25)22-14-6-7-14/h3-5,8-10,14,22H,6-7H2,1-2H3,(H,20,21,23). The molecule has 0 radical (unpaired) electrons. The summed E-state index contributed by atoms with van der Waals surface area (Å²) in [6.45, 7) is 4.01. The first-order valence-electron chi connectivity index (χ1n) is 8.63. The van der Waals surface area contributed by atoms with Crippen LogP contribution < -0.4 is 10.0 Å². The zero-order chi connectivity index (χ0) is 19.2. The molecule has 140 valence electrons. The highest BCUT2D eigenvalue weighted by molar-refractivity contribution is 7.89. The fourth-order valence-electron chi connectivity index (χ4n) is 2.89. The number of fused-ring (bicyclic) bond motifs is 1. The lowest BCUT2D eigenvalue weighted by Gasteiger charge is -2.07. The van der Waals surface area contributed by atoms with Crippen molar-refractivity contribution < 1.29 is 13.2 Å². The van der Waals surface area contributed by atoms with Gasteiger partial charge in [-0.15, -0.1) is 0 Å². The zero-order valence-electron chi connectivity index (χ0n) is 14.9. The highest BCUT2D eigenvalue weighted by Crippen LogP contribution is 2.29. The number of nitrogens with zero attached hydrogens (tertiary/aromatic N) is 1. The van der Waals surface area contributed by atoms with Gasteiger partial charge in [0.15, 0.2) is 5.13 Å². The van der Waals surface area contributed by atoms with Gasteiger partial charge in [0, 0.05) is 11.6 Å². The molecule has 27 heavy (non-hydrogen) atoms. The van der Waals surface area contributed by atoms with Crippen molar-refractivity contribution in [3.05, 3.63) is 53.1 Å². The van der Waals surface area contributed by atoms with E-state index in [1.165, 1.54) is 23.5 Å². The number of hydrogen-bond acceptors (Lipinski definition) is 5. The van der Waals surface area contributed by atoms with E-state index in [1.54, 1.807) is 12.1 Å². The molecule has 1 fully saturated rings. The number of anilines is 1. The maximum absolute atomic E-state index is 12.6. The fraction of sp³-hybridized carbons (Fsp3) is 0.263. The molecule has 1 aromatic heterocycles. The van der Waals surface area contributed by atoms with Crippen molar-refractivity contribution in [1.82, 2.24) is 9.71 Å². The third-order valence-electron chi connectivity index (χ3n) is 4.36. The summed E-state index contributed by atoms with van der Waals surface area (Å²) in [6, 6.07) is 10.1. The van der Waals surface area contributed by atoms with E-state index in [1.807, 2.05) is 19.9 Å². The van der Waals surface area contributed by atoms with Crippen LogP contribution >= 0.6 is 11.3 Å². The first-order valence-corrected chi connectivity index (χ1v) is 10.9. The molecule has 0 bridgehead atoms. The van der Waals surface area contributed by atoms with Gasteiger partial charge in [0.25, 0.3) is 5.91 Å². The summed E-state index contributed by atoms with van der Waals surface area (Å²) < 4.78 is 28.3. The van der Waals surface area contributed by atoms with Crippen LogP contribution in [0.3, 0.4) is 0 Å². The zero-order valence-corrected chi connectivity index (χ0v) is 16.6. The Morgan fingerprint density at radius 2 is 1.96 bits per heavy atom. The second kappa shape index (κ2) is 6.70. The van der Waals surface area contributed by atoms with E-state index in [-0.39, 0.29) is 22.4 Å². The molecule has 0 atom stereocenters. The summed E-state index contributed by atoms with van der Waals surface area (Å²) in [5, 5.41) is 3.27. The van der Waals surface area contributed by atoms with E-state index >= 15 is 0 Å². The topological polar surface area (TPSA) is 88.2 Å². The molecule has 4 rings (SSSR count). The van der Waals surface area contributed by atoms with Crippen molar-refractivity contribution in [2.24, 2.45) is 0 Å². The number of amides is 1. The van der Waals surface area contributed by atoms with Crippen LogP contribution in [0.2, 0.25) is 0 Å². The second-order valence-electron chi connectivity index (χ2n) is 6.83. The Hall–Kier alpha value is -2.29. The molecule has 0 aliphatic heterocycles. The third kappa shape index (κ3) is 3.87. The molecule has 3 aromatic rings. The van der Waals surface area contributed by atoms with Crippen molar-refractivity contribution in [3.63, 3.8) is 0 Å². The van der Waals surface area contributed by atoms with Gasteiger partial charge in [-0.25, -0.2) is 18.1 Å². The number of benzene rings is 2. The first kappa shape index (κ1) is 18.1. The van der Waals surface area contributed by atoms with Crippen LogP contribution in [0.1, 0.15) is 34.3 Å². The molecular weight excluding hydrogens is 382 g/mol. The summed E-state index contributed by atoms with van der Waals surface area (Å²) in [5.41, 5.74) is 3.34. The maximum atomic E-state index is 12.6. The molecule has 1 aliphatic carbocycles. The lowest BCUT2D eigenvalue weighted by molar-refractivity contribution is 0.102. The van der Waals surface area contributed by atoms with Crippen LogP contribution in [-0.4, -0.2) is 25.4 Å². The first-order chi connectivity index (χ1) is 12.8. The quantitative estimate of drug-likeness (QED) is 0.684. The highest BCUT2D eigenvalue weighted by atomic mass is 32.2. The summed E-state index contributed by atoms with van der Waals surface area (Å²) in [7, 11) is -3.60. The molecule has 1 amide bonds. The summed E-state index contributed by atoms with van der Waals surface area (Å²) in [5.74, 6) is -0.382. The van der Waals surface area contributed by atoms with Gasteiger partial charge < -0.3 is 0 Å². The number of carbonyl (C=O) groups excluding carboxylic acids is 1. The lowest BCUT2D eigenvalue weighted by Crippen LogP contribution is -2.26. The predicted octanol–water partition coefficient (Wildman–Crippen LogP) is 3.61. The summed E-state index contributed by atoms with van der Waals surface area (Å²) in [4.78, 5) is 17.2. The van der Waals surface area contributed by atoms with E-state index in [4.69, 9.17) is 0 Å². The Kier molecular flexibility index (Phi) is 4.49. The van der Waals surface area contributed by atoms with Gasteiger partial charge in [-0.3, -0.25) is 10.1 Å². The van der Waals surface area contributed by atoms with Crippen molar-refractivity contribution in [3.8, 4) is 0 Å². The lowest BCUT2D eigenvalue weighted by atomic mass is 10.1. The monoisotopic (exact) mass is 401 g/mol. The number of aromatic nitrogens is 1. The van der Waals surface area contributed by atoms with Crippen LogP contribution in [0.4, 0.5) is 5.13 Å². The largest absolute Gasteiger partial charge is 0.298 e. The van der Waals surface area contributed by atoms with Gasteiger partial charge in [-0.05, 0) is 62.1 Å². The van der Waals surface area contributed by atoms with E-state index in [2.05, 4.69) is 21.1 Å². The number of thiazole rings is 1. The van der Waals surface area contributed by atoms with E-state index in [0.29, 0.717) is 5.13 Å². The number of aryl methyl sites for hydroxylation is 2. The van der Waals surface area contributed by atoms with Crippen molar-refractivity contribution in [2.45, 2.75) is 37.6 Å². The molecule has 0 spiro atoms. The van der Waals surface area contributed by atoms with E-state index in [0.717, 1.165) is 34.2 Å². The minimum atomic E-state index is -3.60. The molecule has 1 heterocycles. The van der Waals surface area contributed by atoms with Gasteiger partial charge in [0.1, 0.15) is 0 Å². The molecule has 2 aromatic carbocycles. The average molecular weight is 402 g/mol. The van der Waals surface area contributed by atoms with Gasteiger partial charge in [-0.2, -0.15) is 0 Å². The second-order valence-corrected chi connectivity index (χ2v) is 9.57. The van der Waals surface area contributed by atoms with Gasteiger partial charge >= 0.3 is 0 Å². The maximum Gasteiger partial charge on any atom is 0.257 e. The molecule has 1 aliphatic rings. The minimum Gasteiger partial charge on any atom is -0.298 e. The third-order valence-corrected chi connectivity index (χ3v) is 6.79. The Labute approximate surface area is 161 Å². The Balaban J connectivity index is 1.58. The molecule has 1 saturated carbocycles. The Morgan fingerprint density at radius 3 is 2.70 bits per heavy atom. The fourth-order valence-corrected chi connectivity index (χ4v) is 5.27. The molecule has 2 N–H and O–H groups in total. The highest BCUT2D eigenvalue weighted by Gasteiger charge is 2.28. The number of sulfonamides is 1. The Bertz CT molecular complexity index is 1150. The van der Waals surface area contributed by atoms with Crippen molar-refractivity contribution >= 4 is 42.6 Å². The summed E-state index contributed by atoms with van der Waals surface area (Å²) in [6.07, 6.45) is 1.71. The molecule has 0 unspecified atom stereocenters. The van der Waals surface area contributed by atoms with E-state index in [9.17, 15) is 13.2 Å². The van der Waals surface area contributed by atoms with Crippen molar-refractivity contribution in [1.29, 1.82) is 0 Å². The normalized spacial score (nSPS) is 14.4. The van der Waals surface area contributed by atoms with Crippen LogP contribution in [0.5, 0.6) is 0 Å².